The van der Waals surface area contributed by atoms with Crippen LogP contribution in [0.25, 0.3) is 0 Å². The van der Waals surface area contributed by atoms with Gasteiger partial charge in [0.25, 0.3) is 0 Å². The van der Waals surface area contributed by atoms with Gasteiger partial charge in [0.05, 0.1) is 14.7 Å². The molecule has 36 heavy (non-hydrogen) atoms. The Morgan fingerprint density at radius 1 is 0.722 bits per heavy atom. The molecule has 1 aliphatic rings. The Kier molecular flexibility index (Phi) is 8.84. The number of benzene rings is 2. The fourth-order valence-electron chi connectivity index (χ4n) is 5.16. The van der Waals surface area contributed by atoms with Crippen LogP contribution in [0, 0.1) is 0 Å². The first-order valence-corrected chi connectivity index (χ1v) is 19.7. The third-order valence-electron chi connectivity index (χ3n) is 9.76. The van der Waals surface area contributed by atoms with Crippen LogP contribution in [0.5, 0.6) is 0 Å². The summed E-state index contributed by atoms with van der Waals surface area (Å²) in [4.78, 5) is 5.56. The van der Waals surface area contributed by atoms with E-state index in [4.69, 9.17) is 4.43 Å². The molecule has 2 aromatic carbocycles. The molecule has 3 rings (SSSR count). The van der Waals surface area contributed by atoms with Gasteiger partial charge in [-0.2, -0.15) is 0 Å². The normalized spacial score (nSPS) is 21.1. The van der Waals surface area contributed by atoms with Gasteiger partial charge in [-0.1, -0.05) is 115 Å². The molecule has 1 heterocycles. The van der Waals surface area contributed by atoms with E-state index in [1.165, 1.54) is 11.1 Å². The van der Waals surface area contributed by atoms with Gasteiger partial charge in [-0.3, -0.25) is 9.80 Å². The van der Waals surface area contributed by atoms with Gasteiger partial charge in [0.1, 0.15) is 0 Å². The molecule has 5 heteroatoms. The number of piperazine rings is 1. The van der Waals surface area contributed by atoms with Crippen molar-refractivity contribution in [3.8, 4) is 0 Å². The molecule has 0 aliphatic carbocycles. The molecule has 1 aliphatic heterocycles. The smallest absolute Gasteiger partial charge is 0.192 e. The summed E-state index contributed by atoms with van der Waals surface area (Å²) in [6.07, 6.45) is 0. The van der Waals surface area contributed by atoms with Crippen LogP contribution >= 0.6 is 0 Å². The molecule has 0 amide bonds. The summed E-state index contributed by atoms with van der Waals surface area (Å²) < 4.78 is 7.19. The average Bonchev–Trinajstić information content (AvgIpc) is 2.79. The Morgan fingerprint density at radius 3 is 1.69 bits per heavy atom. The fourth-order valence-corrected chi connectivity index (χ4v) is 9.77. The highest BCUT2D eigenvalue weighted by molar-refractivity contribution is 6.83. The van der Waals surface area contributed by atoms with E-state index in [1.807, 2.05) is 0 Å². The molecule has 1 atom stereocenters. The molecule has 1 saturated heterocycles. The van der Waals surface area contributed by atoms with E-state index in [9.17, 15) is 0 Å². The van der Waals surface area contributed by atoms with Crippen molar-refractivity contribution in [2.24, 2.45) is 0 Å². The molecule has 2 aromatic rings. The van der Waals surface area contributed by atoms with Crippen LogP contribution in [0.15, 0.2) is 60.7 Å². The minimum atomic E-state index is -1.91. The predicted octanol–water partition coefficient (Wildman–Crippen LogP) is 7.81. The highest BCUT2D eigenvalue weighted by atomic mass is 28.4. The fraction of sp³-hybridized carbons (Fsp3) is 0.613. The third kappa shape index (κ3) is 6.24. The first kappa shape index (κ1) is 29.3. The van der Waals surface area contributed by atoms with Crippen LogP contribution in [0.3, 0.4) is 0 Å². The van der Waals surface area contributed by atoms with Crippen molar-refractivity contribution in [1.29, 1.82) is 0 Å². The Morgan fingerprint density at radius 2 is 1.22 bits per heavy atom. The number of hydrogen-bond acceptors (Lipinski definition) is 3. The zero-order chi connectivity index (χ0) is 26.8. The third-order valence-corrected chi connectivity index (χ3v) is 20.9. The van der Waals surface area contributed by atoms with E-state index in [0.717, 1.165) is 39.3 Å². The lowest BCUT2D eigenvalue weighted by molar-refractivity contribution is -0.00112. The van der Waals surface area contributed by atoms with Gasteiger partial charge in [0.15, 0.2) is 8.32 Å². The standard InChI is InChI=1S/C31H52N2OSi2/c1-29(2,3)35(7,8)31(26-34-36(9,10)30(4,5)6)25-32(23-27-17-13-11-14-18-27)21-22-33(31)24-28-19-15-12-16-20-28/h11-20H,21-26H2,1-10H3. The van der Waals surface area contributed by atoms with Crippen LogP contribution in [-0.2, 0) is 17.5 Å². The summed E-state index contributed by atoms with van der Waals surface area (Å²) in [6.45, 7) is 30.7. The van der Waals surface area contributed by atoms with Gasteiger partial charge in [-0.05, 0) is 34.3 Å². The molecule has 0 saturated carbocycles. The second-order valence-corrected chi connectivity index (χ2v) is 24.5. The number of nitrogens with zero attached hydrogens (tertiary/aromatic N) is 2. The van der Waals surface area contributed by atoms with Gasteiger partial charge in [0.2, 0.25) is 0 Å². The molecule has 0 spiro atoms. The van der Waals surface area contributed by atoms with E-state index in [0.29, 0.717) is 0 Å². The van der Waals surface area contributed by atoms with Crippen LogP contribution in [-0.4, -0.2) is 57.6 Å². The summed E-state index contributed by atoms with van der Waals surface area (Å²) in [6, 6.07) is 22.1. The molecule has 0 aromatic heterocycles. The molecular formula is C31H52N2OSi2. The molecule has 3 nitrogen and oxygen atoms in total. The van der Waals surface area contributed by atoms with E-state index < -0.39 is 16.4 Å². The Hall–Kier alpha value is -1.25. The van der Waals surface area contributed by atoms with Crippen molar-refractivity contribution in [1.82, 2.24) is 9.80 Å². The minimum absolute atomic E-state index is 0.0175. The SMILES string of the molecule is CC(C)(C)[Si](C)(C)OCC1([Si](C)(C)C(C)(C)C)CN(Cc2ccccc2)CCN1Cc1ccccc1. The second-order valence-electron chi connectivity index (χ2n) is 14.1. The van der Waals surface area contributed by atoms with E-state index in [1.54, 1.807) is 0 Å². The summed E-state index contributed by atoms with van der Waals surface area (Å²) in [7, 11) is -3.82. The van der Waals surface area contributed by atoms with Crippen LogP contribution in [0.1, 0.15) is 52.7 Å². The summed E-state index contributed by atoms with van der Waals surface area (Å²) in [5, 5.41) is 0.461. The van der Waals surface area contributed by atoms with Gasteiger partial charge >= 0.3 is 0 Å². The van der Waals surface area contributed by atoms with E-state index in [2.05, 4.69) is 138 Å². The van der Waals surface area contributed by atoms with Crippen molar-refractivity contribution < 1.29 is 4.43 Å². The van der Waals surface area contributed by atoms with Crippen molar-refractivity contribution in [2.45, 2.75) is 96.1 Å². The van der Waals surface area contributed by atoms with Crippen LogP contribution in [0.2, 0.25) is 36.3 Å². The first-order chi connectivity index (χ1) is 16.6. The maximum absolute atomic E-state index is 7.19. The predicted molar refractivity (Wildman–Crippen MR) is 162 cm³/mol. The Labute approximate surface area is 224 Å². The van der Waals surface area contributed by atoms with Crippen molar-refractivity contribution in [2.75, 3.05) is 26.2 Å². The van der Waals surface area contributed by atoms with E-state index >= 15 is 0 Å². The van der Waals surface area contributed by atoms with Crippen LogP contribution < -0.4 is 0 Å². The zero-order valence-corrected chi connectivity index (χ0v) is 26.8. The number of rotatable bonds is 8. The van der Waals surface area contributed by atoms with Crippen molar-refractivity contribution >= 4 is 16.4 Å². The highest BCUT2D eigenvalue weighted by Crippen LogP contribution is 2.48. The molecular weight excluding hydrogens is 473 g/mol. The maximum atomic E-state index is 7.19. The van der Waals surface area contributed by atoms with E-state index in [-0.39, 0.29) is 15.2 Å². The molecule has 0 N–H and O–H groups in total. The Balaban J connectivity index is 2.06. The lowest BCUT2D eigenvalue weighted by Gasteiger charge is -2.62. The largest absolute Gasteiger partial charge is 0.415 e. The van der Waals surface area contributed by atoms with Crippen molar-refractivity contribution in [3.05, 3.63) is 71.8 Å². The lowest BCUT2D eigenvalue weighted by atomic mass is 10.1. The zero-order valence-electron chi connectivity index (χ0n) is 24.8. The average molecular weight is 525 g/mol. The van der Waals surface area contributed by atoms with Gasteiger partial charge < -0.3 is 4.43 Å². The van der Waals surface area contributed by atoms with Crippen molar-refractivity contribution in [3.63, 3.8) is 0 Å². The quantitative estimate of drug-likeness (QED) is 0.327. The summed E-state index contributed by atoms with van der Waals surface area (Å²) >= 11 is 0. The monoisotopic (exact) mass is 524 g/mol. The van der Waals surface area contributed by atoms with Crippen LogP contribution in [0.4, 0.5) is 0 Å². The minimum Gasteiger partial charge on any atom is -0.415 e. The first-order valence-electron chi connectivity index (χ1n) is 13.8. The molecule has 0 bridgehead atoms. The molecule has 0 radical (unpaired) electrons. The van der Waals surface area contributed by atoms with Gasteiger partial charge in [-0.15, -0.1) is 0 Å². The van der Waals surface area contributed by atoms with Gasteiger partial charge in [0, 0.05) is 37.9 Å². The highest BCUT2D eigenvalue weighted by Gasteiger charge is 2.58. The second kappa shape index (κ2) is 10.9. The molecule has 1 unspecified atom stereocenters. The topological polar surface area (TPSA) is 15.7 Å². The molecule has 200 valence electrons. The van der Waals surface area contributed by atoms with Gasteiger partial charge in [-0.25, -0.2) is 0 Å². The maximum Gasteiger partial charge on any atom is 0.192 e. The Bertz CT molecular complexity index is 964. The summed E-state index contributed by atoms with van der Waals surface area (Å²) in [5.41, 5.74) is 2.81. The lowest BCUT2D eigenvalue weighted by Crippen LogP contribution is -2.77. The summed E-state index contributed by atoms with van der Waals surface area (Å²) in [5.74, 6) is 0. The molecule has 1 fully saturated rings. The number of hydrogen-bond donors (Lipinski definition) is 0.